The van der Waals surface area contributed by atoms with Crippen LogP contribution in [0.15, 0.2) is 24.5 Å². The molecule has 0 bridgehead atoms. The van der Waals surface area contributed by atoms with Crippen molar-refractivity contribution in [2.75, 3.05) is 26.8 Å². The van der Waals surface area contributed by atoms with Gasteiger partial charge in [-0.25, -0.2) is 9.59 Å². The normalized spacial score (nSPS) is 15.7. The van der Waals surface area contributed by atoms with E-state index in [2.05, 4.69) is 23.0 Å². The number of Topliss-reactive ketones (excluding diaryl/α,β-unsaturated/α-hetero) is 2. The van der Waals surface area contributed by atoms with Gasteiger partial charge in [0, 0.05) is 18.4 Å². The quantitative estimate of drug-likeness (QED) is 0.478. The lowest BCUT2D eigenvalue weighted by atomic mass is 10.1. The molecule has 1 saturated heterocycles. The van der Waals surface area contributed by atoms with Crippen molar-refractivity contribution in [1.29, 1.82) is 0 Å². The van der Waals surface area contributed by atoms with E-state index in [-0.39, 0.29) is 0 Å². The molecule has 0 aliphatic carbocycles. The van der Waals surface area contributed by atoms with Crippen molar-refractivity contribution in [3.05, 3.63) is 30.1 Å². The average molecular weight is 370 g/mol. The Morgan fingerprint density at radius 2 is 1.65 bits per heavy atom. The smallest absolute Gasteiger partial charge is 0.374 e. The Morgan fingerprint density at radius 1 is 1.12 bits per heavy atom. The summed E-state index contributed by atoms with van der Waals surface area (Å²) in [6.45, 7) is -0.621. The molecular formula is C16H22N2O8. The standard InChI is InChI=1S/C10H14N2.2C3H4O4/c1-12-7-3-5-10(12)9-4-2-6-11-8-9;2*4-1-2(5)3(6)7/h2,4,6,8,10H,3,5,7H2,1H3;2*4H,1H2,(H,6,7). The Labute approximate surface area is 149 Å². The molecule has 2 rings (SSSR count). The molecule has 1 aliphatic rings. The second-order valence-electron chi connectivity index (χ2n) is 5.20. The maximum Gasteiger partial charge on any atom is 0.374 e. The number of carboxylic acids is 2. The fourth-order valence-electron chi connectivity index (χ4n) is 2.04. The molecule has 2 heterocycles. The second-order valence-corrected chi connectivity index (χ2v) is 5.20. The number of aliphatic hydroxyl groups excluding tert-OH is 2. The Balaban J connectivity index is 0.000000390. The van der Waals surface area contributed by atoms with Crippen molar-refractivity contribution >= 4 is 23.5 Å². The fraction of sp³-hybridized carbons (Fsp3) is 0.438. The number of hydrogen-bond donors (Lipinski definition) is 4. The molecule has 1 unspecified atom stereocenters. The SMILES string of the molecule is CN1CCCC1c1cccnc1.O=C(O)C(=O)CO.O=C(O)C(=O)CO. The molecule has 10 heteroatoms. The number of likely N-dealkylation sites (tertiary alicyclic amines) is 1. The van der Waals surface area contributed by atoms with E-state index < -0.39 is 36.7 Å². The van der Waals surface area contributed by atoms with E-state index >= 15 is 0 Å². The summed E-state index contributed by atoms with van der Waals surface area (Å²) >= 11 is 0. The van der Waals surface area contributed by atoms with Gasteiger partial charge >= 0.3 is 11.9 Å². The first-order chi connectivity index (χ1) is 12.2. The van der Waals surface area contributed by atoms with Gasteiger partial charge in [0.15, 0.2) is 0 Å². The highest BCUT2D eigenvalue weighted by Crippen LogP contribution is 2.29. The van der Waals surface area contributed by atoms with Crippen LogP contribution >= 0.6 is 0 Å². The molecule has 0 aromatic carbocycles. The third-order valence-corrected chi connectivity index (χ3v) is 3.35. The summed E-state index contributed by atoms with van der Waals surface area (Å²) in [5.41, 5.74) is 1.36. The van der Waals surface area contributed by atoms with Crippen molar-refractivity contribution in [1.82, 2.24) is 9.88 Å². The number of hydrogen-bond acceptors (Lipinski definition) is 8. The molecule has 1 atom stereocenters. The second kappa shape index (κ2) is 12.6. The van der Waals surface area contributed by atoms with E-state index in [0.717, 1.165) is 0 Å². The van der Waals surface area contributed by atoms with Crippen LogP contribution in [-0.2, 0) is 19.2 Å². The molecule has 1 aromatic heterocycles. The lowest BCUT2D eigenvalue weighted by molar-refractivity contribution is -0.150. The minimum absolute atomic E-state index is 0.610. The molecule has 0 saturated carbocycles. The number of rotatable bonds is 5. The van der Waals surface area contributed by atoms with Crippen LogP contribution in [0.2, 0.25) is 0 Å². The van der Waals surface area contributed by atoms with Gasteiger partial charge in [0.1, 0.15) is 13.2 Å². The van der Waals surface area contributed by atoms with Crippen molar-refractivity contribution in [2.24, 2.45) is 0 Å². The number of ketones is 2. The van der Waals surface area contributed by atoms with E-state index in [4.69, 9.17) is 20.4 Å². The van der Waals surface area contributed by atoms with E-state index in [9.17, 15) is 19.2 Å². The molecule has 0 amide bonds. The van der Waals surface area contributed by atoms with Crippen LogP contribution in [0.4, 0.5) is 0 Å². The Kier molecular flexibility index (Phi) is 11.3. The van der Waals surface area contributed by atoms with Gasteiger partial charge < -0.3 is 20.4 Å². The first-order valence-electron chi connectivity index (χ1n) is 7.58. The molecule has 26 heavy (non-hydrogen) atoms. The number of aliphatic carboxylic acids is 2. The highest BCUT2D eigenvalue weighted by molar-refractivity contribution is 6.33. The van der Waals surface area contributed by atoms with Crippen LogP contribution < -0.4 is 0 Å². The molecular weight excluding hydrogens is 348 g/mol. The topological polar surface area (TPSA) is 165 Å². The number of carbonyl (C=O) groups excluding carboxylic acids is 2. The molecule has 1 fully saturated rings. The first-order valence-corrected chi connectivity index (χ1v) is 7.58. The number of carbonyl (C=O) groups is 4. The summed E-state index contributed by atoms with van der Waals surface area (Å²) in [6, 6.07) is 4.79. The van der Waals surface area contributed by atoms with Crippen LogP contribution in [0.5, 0.6) is 0 Å². The lowest BCUT2D eigenvalue weighted by Crippen LogP contribution is -2.17. The van der Waals surface area contributed by atoms with Crippen LogP contribution in [0.3, 0.4) is 0 Å². The zero-order valence-corrected chi connectivity index (χ0v) is 14.2. The number of nitrogens with zero attached hydrogens (tertiary/aromatic N) is 2. The van der Waals surface area contributed by atoms with Crippen molar-refractivity contribution in [3.8, 4) is 0 Å². The predicted octanol–water partition coefficient (Wildman–Crippen LogP) is -0.887. The first kappa shape index (κ1) is 23.3. The van der Waals surface area contributed by atoms with Crippen LogP contribution in [0.1, 0.15) is 24.4 Å². The Hall–Kier alpha value is -2.69. The molecule has 4 N–H and O–H groups in total. The van der Waals surface area contributed by atoms with Gasteiger partial charge in [-0.2, -0.15) is 0 Å². The summed E-state index contributed by atoms with van der Waals surface area (Å²) in [5, 5.41) is 30.9. The number of carboxylic acid groups (broad SMARTS) is 2. The number of aliphatic hydroxyl groups is 2. The van der Waals surface area contributed by atoms with E-state index in [1.54, 1.807) is 0 Å². The van der Waals surface area contributed by atoms with Crippen LogP contribution in [0, 0.1) is 0 Å². The average Bonchev–Trinajstić information content (AvgIpc) is 3.07. The predicted molar refractivity (Wildman–Crippen MR) is 88.3 cm³/mol. The molecule has 1 aromatic rings. The molecule has 0 radical (unpaired) electrons. The van der Waals surface area contributed by atoms with Gasteiger partial charge in [0.05, 0.1) is 0 Å². The Morgan fingerprint density at radius 3 is 1.92 bits per heavy atom. The number of aromatic nitrogens is 1. The summed E-state index contributed by atoms with van der Waals surface area (Å²) in [4.78, 5) is 44.7. The van der Waals surface area contributed by atoms with Gasteiger partial charge in [-0.05, 0) is 38.1 Å². The summed E-state index contributed by atoms with van der Waals surface area (Å²) in [5.74, 6) is -5.55. The highest BCUT2D eigenvalue weighted by atomic mass is 16.4. The maximum absolute atomic E-state index is 9.66. The van der Waals surface area contributed by atoms with E-state index in [0.29, 0.717) is 6.04 Å². The minimum Gasteiger partial charge on any atom is -0.475 e. The van der Waals surface area contributed by atoms with Crippen LogP contribution in [0.25, 0.3) is 0 Å². The third-order valence-electron chi connectivity index (χ3n) is 3.35. The van der Waals surface area contributed by atoms with Gasteiger partial charge in [-0.1, -0.05) is 6.07 Å². The summed E-state index contributed by atoms with van der Waals surface area (Å²) in [6.07, 6.45) is 6.41. The largest absolute Gasteiger partial charge is 0.475 e. The van der Waals surface area contributed by atoms with Crippen molar-refractivity contribution in [2.45, 2.75) is 18.9 Å². The number of pyridine rings is 1. The zero-order chi connectivity index (χ0) is 20.1. The minimum atomic E-state index is -1.59. The highest BCUT2D eigenvalue weighted by Gasteiger charge is 2.21. The molecule has 1 aliphatic heterocycles. The van der Waals surface area contributed by atoms with Gasteiger partial charge in [0.25, 0.3) is 11.6 Å². The molecule has 10 nitrogen and oxygen atoms in total. The lowest BCUT2D eigenvalue weighted by Gasteiger charge is -2.18. The van der Waals surface area contributed by atoms with Crippen molar-refractivity contribution in [3.63, 3.8) is 0 Å². The monoisotopic (exact) mass is 370 g/mol. The van der Waals surface area contributed by atoms with Gasteiger partial charge in [-0.15, -0.1) is 0 Å². The van der Waals surface area contributed by atoms with E-state index in [1.165, 1.54) is 24.9 Å². The third kappa shape index (κ3) is 8.97. The zero-order valence-electron chi connectivity index (χ0n) is 14.2. The van der Waals surface area contributed by atoms with Gasteiger partial charge in [-0.3, -0.25) is 19.5 Å². The summed E-state index contributed by atoms with van der Waals surface area (Å²) in [7, 11) is 2.19. The molecule has 0 spiro atoms. The molecule has 144 valence electrons. The van der Waals surface area contributed by atoms with Crippen LogP contribution in [-0.4, -0.2) is 80.6 Å². The fourth-order valence-corrected chi connectivity index (χ4v) is 2.04. The maximum atomic E-state index is 9.66. The van der Waals surface area contributed by atoms with Crippen molar-refractivity contribution < 1.29 is 39.6 Å². The van der Waals surface area contributed by atoms with Gasteiger partial charge in [0.2, 0.25) is 0 Å². The Bertz CT molecular complexity index is 580. The summed E-state index contributed by atoms with van der Waals surface area (Å²) < 4.78 is 0. The van der Waals surface area contributed by atoms with E-state index in [1.807, 2.05) is 18.5 Å².